The van der Waals surface area contributed by atoms with Crippen LogP contribution in [0.1, 0.15) is 32.4 Å². The summed E-state index contributed by atoms with van der Waals surface area (Å²) in [5.41, 5.74) is 0.532. The lowest BCUT2D eigenvalue weighted by atomic mass is 9.88. The molecule has 0 aliphatic carbocycles. The van der Waals surface area contributed by atoms with Gasteiger partial charge in [-0.15, -0.1) is 0 Å². The van der Waals surface area contributed by atoms with E-state index >= 15 is 0 Å². The van der Waals surface area contributed by atoms with Gasteiger partial charge in [-0.1, -0.05) is 50.0 Å². The Morgan fingerprint density at radius 1 is 1.28 bits per heavy atom. The number of carboxylic acid groups (broad SMARTS) is 1. The monoisotopic (exact) mass is 462 g/mol. The van der Waals surface area contributed by atoms with Gasteiger partial charge < -0.3 is 20.1 Å². The van der Waals surface area contributed by atoms with Crippen LogP contribution in [0.4, 0.5) is 4.79 Å². The molecule has 2 N–H and O–H groups in total. The van der Waals surface area contributed by atoms with Crippen LogP contribution in [0.3, 0.4) is 0 Å². The quantitative estimate of drug-likeness (QED) is 0.670. The SMILES string of the molecule is CSCC(=O)NC[C@@H]1CN(C(=O)O)CC(C(C)(C)C)O[C@H]1c1ccc(Cl)c(Cl)c1. The minimum Gasteiger partial charge on any atom is -0.465 e. The summed E-state index contributed by atoms with van der Waals surface area (Å²) in [5.74, 6) is -0.0245. The van der Waals surface area contributed by atoms with Crippen LogP contribution in [0.5, 0.6) is 0 Å². The van der Waals surface area contributed by atoms with Gasteiger partial charge in [-0.05, 0) is 29.4 Å². The molecule has 0 radical (unpaired) electrons. The first-order chi connectivity index (χ1) is 13.5. The molecule has 162 valence electrons. The van der Waals surface area contributed by atoms with Crippen LogP contribution < -0.4 is 5.32 Å². The van der Waals surface area contributed by atoms with Gasteiger partial charge in [0.1, 0.15) is 0 Å². The molecule has 29 heavy (non-hydrogen) atoms. The van der Waals surface area contributed by atoms with Crippen molar-refractivity contribution in [2.24, 2.45) is 11.3 Å². The number of nitrogens with zero attached hydrogens (tertiary/aromatic N) is 1. The summed E-state index contributed by atoms with van der Waals surface area (Å²) in [4.78, 5) is 25.2. The second-order valence-electron chi connectivity index (χ2n) is 8.27. The maximum atomic E-state index is 12.0. The zero-order valence-electron chi connectivity index (χ0n) is 17.1. The lowest BCUT2D eigenvalue weighted by Gasteiger charge is -2.34. The highest BCUT2D eigenvalue weighted by Crippen LogP contribution is 2.38. The first-order valence-electron chi connectivity index (χ1n) is 9.36. The van der Waals surface area contributed by atoms with Crippen molar-refractivity contribution in [2.45, 2.75) is 33.0 Å². The molecule has 1 heterocycles. The number of nitrogens with one attached hydrogen (secondary N) is 1. The Hall–Kier alpha value is -1.15. The minimum absolute atomic E-state index is 0.0936. The van der Waals surface area contributed by atoms with E-state index in [2.05, 4.69) is 5.32 Å². The Labute approximate surface area is 186 Å². The van der Waals surface area contributed by atoms with E-state index in [4.69, 9.17) is 27.9 Å². The van der Waals surface area contributed by atoms with Crippen molar-refractivity contribution in [3.63, 3.8) is 0 Å². The highest BCUT2D eigenvalue weighted by Gasteiger charge is 2.39. The molecule has 1 fully saturated rings. The molecule has 9 heteroatoms. The number of benzene rings is 1. The van der Waals surface area contributed by atoms with E-state index in [1.807, 2.05) is 33.1 Å². The van der Waals surface area contributed by atoms with Crippen LogP contribution in [-0.4, -0.2) is 59.8 Å². The van der Waals surface area contributed by atoms with Crippen molar-refractivity contribution in [3.05, 3.63) is 33.8 Å². The van der Waals surface area contributed by atoms with E-state index in [0.29, 0.717) is 22.3 Å². The lowest BCUT2D eigenvalue weighted by Crippen LogP contribution is -2.43. The Bertz CT molecular complexity index is 742. The van der Waals surface area contributed by atoms with E-state index in [1.165, 1.54) is 16.7 Å². The van der Waals surface area contributed by atoms with Gasteiger partial charge in [0.25, 0.3) is 0 Å². The highest BCUT2D eigenvalue weighted by atomic mass is 35.5. The fourth-order valence-corrected chi connectivity index (χ4v) is 3.93. The van der Waals surface area contributed by atoms with Crippen molar-refractivity contribution in [1.82, 2.24) is 10.2 Å². The van der Waals surface area contributed by atoms with Crippen molar-refractivity contribution in [1.29, 1.82) is 0 Å². The van der Waals surface area contributed by atoms with E-state index in [-0.39, 0.29) is 36.4 Å². The molecule has 1 aromatic rings. The fraction of sp³-hybridized carbons (Fsp3) is 0.600. The molecular formula is C20H28Cl2N2O4S. The van der Waals surface area contributed by atoms with Crippen LogP contribution >= 0.6 is 35.0 Å². The number of carbonyl (C=O) groups excluding carboxylic acids is 1. The molecule has 2 amide bonds. The van der Waals surface area contributed by atoms with Crippen molar-refractivity contribution < 1.29 is 19.4 Å². The van der Waals surface area contributed by atoms with Gasteiger partial charge in [0.15, 0.2) is 0 Å². The molecule has 6 nitrogen and oxygen atoms in total. The molecular weight excluding hydrogens is 435 g/mol. The van der Waals surface area contributed by atoms with Crippen LogP contribution in [0, 0.1) is 11.3 Å². The minimum atomic E-state index is -1.00. The van der Waals surface area contributed by atoms with Crippen LogP contribution in [0.15, 0.2) is 18.2 Å². The Morgan fingerprint density at radius 2 is 1.97 bits per heavy atom. The third kappa shape index (κ3) is 6.67. The molecule has 0 spiro atoms. The van der Waals surface area contributed by atoms with Gasteiger partial charge in [-0.2, -0.15) is 11.8 Å². The van der Waals surface area contributed by atoms with Gasteiger partial charge in [-0.3, -0.25) is 4.79 Å². The second kappa shape index (κ2) is 10.2. The van der Waals surface area contributed by atoms with E-state index in [1.54, 1.807) is 12.1 Å². The first-order valence-corrected chi connectivity index (χ1v) is 11.5. The predicted octanol–water partition coefficient (Wildman–Crippen LogP) is 4.55. The highest BCUT2D eigenvalue weighted by molar-refractivity contribution is 7.99. The Morgan fingerprint density at radius 3 is 2.52 bits per heavy atom. The van der Waals surface area contributed by atoms with Crippen molar-refractivity contribution in [2.75, 3.05) is 31.6 Å². The summed E-state index contributed by atoms with van der Waals surface area (Å²) in [7, 11) is 0. The molecule has 1 saturated heterocycles. The summed E-state index contributed by atoms with van der Waals surface area (Å²) in [6.45, 7) is 6.85. The molecule has 2 rings (SSSR count). The number of ether oxygens (including phenoxy) is 1. The molecule has 0 aromatic heterocycles. The molecule has 0 saturated carbocycles. The summed E-state index contributed by atoms with van der Waals surface area (Å²) in [6, 6.07) is 5.30. The number of amides is 2. The smallest absolute Gasteiger partial charge is 0.407 e. The van der Waals surface area contributed by atoms with Gasteiger partial charge in [-0.25, -0.2) is 4.79 Å². The van der Waals surface area contributed by atoms with Crippen LogP contribution in [0.2, 0.25) is 10.0 Å². The number of rotatable bonds is 5. The van der Waals surface area contributed by atoms with Gasteiger partial charge >= 0.3 is 6.09 Å². The van der Waals surface area contributed by atoms with Crippen LogP contribution in [0.25, 0.3) is 0 Å². The largest absolute Gasteiger partial charge is 0.465 e. The molecule has 1 aromatic carbocycles. The average Bonchev–Trinajstić information content (AvgIpc) is 2.82. The van der Waals surface area contributed by atoms with Gasteiger partial charge in [0.05, 0.1) is 34.6 Å². The van der Waals surface area contributed by atoms with Gasteiger partial charge in [0.2, 0.25) is 5.91 Å². The number of carbonyl (C=O) groups is 2. The Balaban J connectivity index is 2.40. The summed E-state index contributed by atoms with van der Waals surface area (Å²) < 4.78 is 6.48. The third-order valence-electron chi connectivity index (χ3n) is 4.93. The van der Waals surface area contributed by atoms with Crippen molar-refractivity contribution >= 4 is 47.0 Å². The molecule has 3 atom stereocenters. The van der Waals surface area contributed by atoms with Crippen LogP contribution in [-0.2, 0) is 9.53 Å². The zero-order chi connectivity index (χ0) is 21.8. The predicted molar refractivity (Wildman–Crippen MR) is 118 cm³/mol. The van der Waals surface area contributed by atoms with Crippen molar-refractivity contribution in [3.8, 4) is 0 Å². The van der Waals surface area contributed by atoms with E-state index in [9.17, 15) is 14.7 Å². The molecule has 1 aliphatic rings. The fourth-order valence-electron chi connectivity index (χ4n) is 3.26. The second-order valence-corrected chi connectivity index (χ2v) is 9.95. The number of halogens is 2. The Kier molecular flexibility index (Phi) is 8.52. The number of hydrogen-bond donors (Lipinski definition) is 2. The number of hydrogen-bond acceptors (Lipinski definition) is 4. The molecule has 0 bridgehead atoms. The van der Waals surface area contributed by atoms with Gasteiger partial charge in [0, 0.05) is 19.0 Å². The summed E-state index contributed by atoms with van der Waals surface area (Å²) >= 11 is 13.7. The number of thioether (sulfide) groups is 1. The average molecular weight is 463 g/mol. The van der Waals surface area contributed by atoms with E-state index in [0.717, 1.165) is 5.56 Å². The summed E-state index contributed by atoms with van der Waals surface area (Å²) in [6.07, 6.45) is 0.0865. The normalized spacial score (nSPS) is 22.8. The maximum absolute atomic E-state index is 12.0. The topological polar surface area (TPSA) is 78.9 Å². The third-order valence-corrected chi connectivity index (χ3v) is 6.22. The van der Waals surface area contributed by atoms with E-state index < -0.39 is 12.2 Å². The first kappa shape index (κ1) is 24.1. The zero-order valence-corrected chi connectivity index (χ0v) is 19.4. The lowest BCUT2D eigenvalue weighted by molar-refractivity contribution is -0.119. The molecule has 1 unspecified atom stereocenters. The maximum Gasteiger partial charge on any atom is 0.407 e. The molecule has 1 aliphatic heterocycles. The standard InChI is InChI=1S/C20H28Cl2N2O4S/c1-20(2,3)16-10-24(19(26)27)9-13(8-23-17(25)11-29-4)18(28-16)12-5-6-14(21)15(22)7-12/h5-7,13,16,18H,8-11H2,1-4H3,(H,23,25)(H,26,27)/t13-,16?,18+/m1/s1. The summed E-state index contributed by atoms with van der Waals surface area (Å²) in [5, 5.41) is 13.5.